The summed E-state index contributed by atoms with van der Waals surface area (Å²) in [6.07, 6.45) is 2.93. The summed E-state index contributed by atoms with van der Waals surface area (Å²) in [5.74, 6) is 0.292. The van der Waals surface area contributed by atoms with Crippen LogP contribution in [0.5, 0.6) is 0 Å². The molecular weight excluding hydrogens is 240 g/mol. The number of para-hydroxylation sites is 1. The minimum absolute atomic E-state index is 0.103. The van der Waals surface area contributed by atoms with Gasteiger partial charge in [-0.2, -0.15) is 0 Å². The maximum Gasteiger partial charge on any atom is 0.253 e. The van der Waals surface area contributed by atoms with E-state index in [0.717, 1.165) is 24.9 Å². The number of rotatable bonds is 5. The first kappa shape index (κ1) is 14.0. The molecule has 19 heavy (non-hydrogen) atoms. The van der Waals surface area contributed by atoms with Crippen molar-refractivity contribution >= 4 is 11.6 Å². The minimum Gasteiger partial charge on any atom is -0.365 e. The highest BCUT2D eigenvalue weighted by atomic mass is 16.5. The molecule has 4 nitrogen and oxygen atoms in total. The number of anilines is 1. The van der Waals surface area contributed by atoms with Gasteiger partial charge in [0.2, 0.25) is 0 Å². The highest BCUT2D eigenvalue weighted by Gasteiger charge is 2.29. The summed E-state index contributed by atoms with van der Waals surface area (Å²) in [5.41, 5.74) is 6.52. The number of carbonyl (C=O) groups is 1. The zero-order valence-corrected chi connectivity index (χ0v) is 11.3. The molecule has 1 aliphatic rings. The van der Waals surface area contributed by atoms with Gasteiger partial charge < -0.3 is 15.8 Å². The average Bonchev–Trinajstić information content (AvgIpc) is 2.87. The molecule has 3 unspecified atom stereocenters. The molecule has 0 aliphatic heterocycles. The van der Waals surface area contributed by atoms with Crippen molar-refractivity contribution in [3.05, 3.63) is 30.3 Å². The number of hydrogen-bond donors (Lipinski definition) is 2. The molecular formula is C15H22N2O2. The molecule has 1 amide bonds. The van der Waals surface area contributed by atoms with Crippen LogP contribution in [0.15, 0.2) is 30.3 Å². The lowest BCUT2D eigenvalue weighted by Gasteiger charge is -2.22. The van der Waals surface area contributed by atoms with Crippen LogP contribution in [0, 0.1) is 5.92 Å². The van der Waals surface area contributed by atoms with Gasteiger partial charge in [0.15, 0.2) is 0 Å². The standard InChI is InChI=1S/C15H22N2O2/c1-11(19-14-9-5-6-12(14)10-16)15(18)17-13-7-3-2-4-8-13/h2-4,7-8,11-12,14H,5-6,9-10,16H2,1H3,(H,17,18). The fourth-order valence-electron chi connectivity index (χ4n) is 2.54. The summed E-state index contributed by atoms with van der Waals surface area (Å²) >= 11 is 0. The predicted octanol–water partition coefficient (Wildman–Crippen LogP) is 2.16. The van der Waals surface area contributed by atoms with Crippen LogP contribution < -0.4 is 11.1 Å². The number of nitrogens with one attached hydrogen (secondary N) is 1. The van der Waals surface area contributed by atoms with Gasteiger partial charge in [0.05, 0.1) is 6.10 Å². The molecule has 0 bridgehead atoms. The summed E-state index contributed by atoms with van der Waals surface area (Å²) in [7, 11) is 0. The zero-order chi connectivity index (χ0) is 13.7. The third-order valence-corrected chi connectivity index (χ3v) is 3.68. The van der Waals surface area contributed by atoms with Crippen LogP contribution in [-0.4, -0.2) is 24.7 Å². The Morgan fingerprint density at radius 2 is 2.16 bits per heavy atom. The number of hydrogen-bond acceptors (Lipinski definition) is 3. The van der Waals surface area contributed by atoms with E-state index in [0.29, 0.717) is 12.5 Å². The van der Waals surface area contributed by atoms with Gasteiger partial charge >= 0.3 is 0 Å². The molecule has 1 fully saturated rings. The van der Waals surface area contributed by atoms with E-state index in [9.17, 15) is 4.79 Å². The lowest BCUT2D eigenvalue weighted by atomic mass is 10.1. The summed E-state index contributed by atoms with van der Waals surface area (Å²) in [4.78, 5) is 12.0. The molecule has 0 aromatic heterocycles. The molecule has 0 heterocycles. The first-order valence-electron chi connectivity index (χ1n) is 6.92. The maximum atomic E-state index is 12.0. The van der Waals surface area contributed by atoms with Crippen molar-refractivity contribution in [3.63, 3.8) is 0 Å². The lowest BCUT2D eigenvalue weighted by molar-refractivity contribution is -0.131. The molecule has 1 saturated carbocycles. The Kier molecular flexibility index (Phi) is 4.93. The Balaban J connectivity index is 1.85. The Bertz CT molecular complexity index is 408. The van der Waals surface area contributed by atoms with Crippen molar-refractivity contribution < 1.29 is 9.53 Å². The first-order valence-corrected chi connectivity index (χ1v) is 6.92. The van der Waals surface area contributed by atoms with Gasteiger partial charge in [-0.25, -0.2) is 0 Å². The SMILES string of the molecule is CC(OC1CCCC1CN)C(=O)Nc1ccccc1. The second-order valence-corrected chi connectivity index (χ2v) is 5.10. The summed E-state index contributed by atoms with van der Waals surface area (Å²) < 4.78 is 5.86. The van der Waals surface area contributed by atoms with Crippen molar-refractivity contribution in [2.45, 2.75) is 38.4 Å². The molecule has 4 heteroatoms. The number of nitrogens with two attached hydrogens (primary N) is 1. The molecule has 1 aromatic rings. The third-order valence-electron chi connectivity index (χ3n) is 3.68. The van der Waals surface area contributed by atoms with Gasteiger partial charge in [-0.05, 0) is 44.4 Å². The number of ether oxygens (including phenoxy) is 1. The van der Waals surface area contributed by atoms with E-state index in [4.69, 9.17) is 10.5 Å². The van der Waals surface area contributed by atoms with Crippen molar-refractivity contribution in [1.82, 2.24) is 0 Å². The van der Waals surface area contributed by atoms with Crippen molar-refractivity contribution in [3.8, 4) is 0 Å². The van der Waals surface area contributed by atoms with Gasteiger partial charge in [-0.3, -0.25) is 4.79 Å². The molecule has 0 radical (unpaired) electrons. The van der Waals surface area contributed by atoms with Crippen LogP contribution in [0.1, 0.15) is 26.2 Å². The van der Waals surface area contributed by atoms with Crippen LogP contribution in [-0.2, 0) is 9.53 Å². The molecule has 2 rings (SSSR count). The Morgan fingerprint density at radius 1 is 1.42 bits per heavy atom. The van der Waals surface area contributed by atoms with Crippen LogP contribution >= 0.6 is 0 Å². The third kappa shape index (κ3) is 3.78. The number of benzene rings is 1. The monoisotopic (exact) mass is 262 g/mol. The summed E-state index contributed by atoms with van der Waals surface area (Å²) in [6.45, 7) is 2.43. The van der Waals surface area contributed by atoms with E-state index in [2.05, 4.69) is 5.32 Å². The second-order valence-electron chi connectivity index (χ2n) is 5.10. The first-order chi connectivity index (χ1) is 9.20. The van der Waals surface area contributed by atoms with E-state index in [1.807, 2.05) is 30.3 Å². The largest absolute Gasteiger partial charge is 0.365 e. The van der Waals surface area contributed by atoms with Gasteiger partial charge in [0.1, 0.15) is 6.10 Å². The Labute approximate surface area is 114 Å². The molecule has 0 spiro atoms. The van der Waals surface area contributed by atoms with Crippen LogP contribution in [0.2, 0.25) is 0 Å². The summed E-state index contributed by atoms with van der Waals surface area (Å²) in [5, 5.41) is 2.85. The van der Waals surface area contributed by atoms with Crippen molar-refractivity contribution in [2.75, 3.05) is 11.9 Å². The smallest absolute Gasteiger partial charge is 0.253 e. The highest BCUT2D eigenvalue weighted by Crippen LogP contribution is 2.28. The average molecular weight is 262 g/mol. The van der Waals surface area contributed by atoms with E-state index >= 15 is 0 Å². The van der Waals surface area contributed by atoms with Crippen LogP contribution in [0.4, 0.5) is 5.69 Å². The fourth-order valence-corrected chi connectivity index (χ4v) is 2.54. The Morgan fingerprint density at radius 3 is 2.84 bits per heavy atom. The van der Waals surface area contributed by atoms with E-state index in [1.54, 1.807) is 6.92 Å². The molecule has 3 atom stereocenters. The second kappa shape index (κ2) is 6.68. The molecule has 0 saturated heterocycles. The highest BCUT2D eigenvalue weighted by molar-refractivity contribution is 5.93. The Hall–Kier alpha value is -1.39. The predicted molar refractivity (Wildman–Crippen MR) is 75.8 cm³/mol. The normalized spacial score (nSPS) is 24.1. The van der Waals surface area contributed by atoms with Gasteiger partial charge in [0, 0.05) is 5.69 Å². The van der Waals surface area contributed by atoms with E-state index in [-0.39, 0.29) is 12.0 Å². The molecule has 1 aromatic carbocycles. The minimum atomic E-state index is -0.447. The number of amides is 1. The van der Waals surface area contributed by atoms with Crippen LogP contribution in [0.3, 0.4) is 0 Å². The van der Waals surface area contributed by atoms with Crippen molar-refractivity contribution in [2.24, 2.45) is 11.7 Å². The van der Waals surface area contributed by atoms with E-state index in [1.165, 1.54) is 0 Å². The maximum absolute atomic E-state index is 12.0. The van der Waals surface area contributed by atoms with Crippen molar-refractivity contribution in [1.29, 1.82) is 0 Å². The molecule has 3 N–H and O–H groups in total. The lowest BCUT2D eigenvalue weighted by Crippen LogP contribution is -2.35. The molecule has 104 valence electrons. The number of carbonyl (C=O) groups excluding carboxylic acids is 1. The van der Waals surface area contributed by atoms with E-state index < -0.39 is 6.10 Å². The zero-order valence-electron chi connectivity index (χ0n) is 11.3. The summed E-state index contributed by atoms with van der Waals surface area (Å²) in [6, 6.07) is 9.43. The van der Waals surface area contributed by atoms with Crippen LogP contribution in [0.25, 0.3) is 0 Å². The quantitative estimate of drug-likeness (QED) is 0.854. The van der Waals surface area contributed by atoms with Gasteiger partial charge in [-0.1, -0.05) is 24.6 Å². The topological polar surface area (TPSA) is 64.3 Å². The van der Waals surface area contributed by atoms with Gasteiger partial charge in [0.25, 0.3) is 5.91 Å². The molecule has 1 aliphatic carbocycles. The fraction of sp³-hybridized carbons (Fsp3) is 0.533. The van der Waals surface area contributed by atoms with Gasteiger partial charge in [-0.15, -0.1) is 0 Å².